The molecule has 0 bridgehead atoms. The van der Waals surface area contributed by atoms with Crippen LogP contribution in [0.2, 0.25) is 0 Å². The van der Waals surface area contributed by atoms with Gasteiger partial charge in [-0.3, -0.25) is 4.79 Å². The molecule has 1 amide bonds. The molecule has 0 spiro atoms. The molecule has 2 saturated heterocycles. The summed E-state index contributed by atoms with van der Waals surface area (Å²) in [6, 6.07) is 15.5. The number of benzene rings is 2. The van der Waals surface area contributed by atoms with Crippen molar-refractivity contribution >= 4 is 28.2 Å². The van der Waals surface area contributed by atoms with Gasteiger partial charge in [-0.05, 0) is 35.6 Å². The summed E-state index contributed by atoms with van der Waals surface area (Å²) < 4.78 is 25.4. The predicted molar refractivity (Wildman–Crippen MR) is 107 cm³/mol. The van der Waals surface area contributed by atoms with E-state index in [1.54, 1.807) is 54.6 Å². The van der Waals surface area contributed by atoms with Gasteiger partial charge in [-0.25, -0.2) is 8.42 Å². The number of nitrogens with one attached hydrogen (secondary N) is 1. The number of fused-ring (bicyclic) bond motifs is 1. The van der Waals surface area contributed by atoms with Crippen LogP contribution in [-0.2, 0) is 15.6 Å². The Morgan fingerprint density at radius 2 is 1.56 bits per heavy atom. The van der Waals surface area contributed by atoms with Crippen LogP contribution in [0.15, 0.2) is 59.5 Å². The third-order valence-corrected chi connectivity index (χ3v) is 7.05. The van der Waals surface area contributed by atoms with E-state index in [4.69, 9.17) is 0 Å². The number of hydrogen-bond acceptors (Lipinski definition) is 4. The highest BCUT2D eigenvalue weighted by Crippen LogP contribution is 2.28. The summed E-state index contributed by atoms with van der Waals surface area (Å²) in [6.07, 6.45) is 0. The van der Waals surface area contributed by atoms with Crippen LogP contribution in [0.4, 0.5) is 0 Å². The largest absolute Gasteiger partial charge is 0.338 e. The van der Waals surface area contributed by atoms with E-state index in [9.17, 15) is 13.2 Å². The summed E-state index contributed by atoms with van der Waals surface area (Å²) in [5.41, 5.74) is 1.07. The maximum atomic E-state index is 13.0. The predicted octanol–water partition coefficient (Wildman–Crippen LogP) is 2.37. The molecule has 5 nitrogen and oxygen atoms in total. The first kappa shape index (κ1) is 19.9. The monoisotopic (exact) mass is 406 g/mol. The fraction of sp³-hybridized carbons (Fsp3) is 0.350. The molecular weight excluding hydrogens is 384 g/mol. The van der Waals surface area contributed by atoms with Gasteiger partial charge in [0.05, 0.1) is 10.6 Å². The molecule has 2 aliphatic rings. The van der Waals surface area contributed by atoms with Crippen LogP contribution in [0, 0.1) is 11.8 Å². The van der Waals surface area contributed by atoms with Gasteiger partial charge in [0.2, 0.25) is 0 Å². The van der Waals surface area contributed by atoms with E-state index in [1.807, 2.05) is 4.90 Å². The molecule has 2 atom stereocenters. The molecule has 144 valence electrons. The van der Waals surface area contributed by atoms with Crippen LogP contribution in [0.25, 0.3) is 0 Å². The zero-order chi connectivity index (χ0) is 18.1. The number of carbonyl (C=O) groups is 1. The molecule has 7 heteroatoms. The SMILES string of the molecule is Cl.O=C(c1ccccc1CS(=O)(=O)c1ccccc1)N1C[C@H]2CNC[C@H]2C1. The van der Waals surface area contributed by atoms with E-state index in [2.05, 4.69) is 5.32 Å². The van der Waals surface area contributed by atoms with Crippen LogP contribution in [0.5, 0.6) is 0 Å². The van der Waals surface area contributed by atoms with Gasteiger partial charge in [-0.15, -0.1) is 12.4 Å². The Balaban J connectivity index is 0.00000210. The Bertz CT molecular complexity index is 906. The highest BCUT2D eigenvalue weighted by molar-refractivity contribution is 7.90. The average Bonchev–Trinajstić information content (AvgIpc) is 3.24. The number of likely N-dealkylation sites (tertiary alicyclic amines) is 1. The fourth-order valence-electron chi connectivity index (χ4n) is 3.96. The summed E-state index contributed by atoms with van der Waals surface area (Å²) >= 11 is 0. The van der Waals surface area contributed by atoms with Crippen molar-refractivity contribution in [2.24, 2.45) is 11.8 Å². The number of amides is 1. The Morgan fingerprint density at radius 3 is 2.22 bits per heavy atom. The number of carbonyl (C=O) groups excluding carboxylic acids is 1. The van der Waals surface area contributed by atoms with Gasteiger partial charge in [0.15, 0.2) is 9.84 Å². The second-order valence-electron chi connectivity index (χ2n) is 7.12. The molecule has 4 rings (SSSR count). The summed E-state index contributed by atoms with van der Waals surface area (Å²) in [4.78, 5) is 15.2. The first-order valence-corrected chi connectivity index (χ1v) is 10.6. The summed E-state index contributed by atoms with van der Waals surface area (Å²) in [6.45, 7) is 3.41. The lowest BCUT2D eigenvalue weighted by molar-refractivity contribution is 0.0781. The van der Waals surface area contributed by atoms with E-state index in [-0.39, 0.29) is 29.0 Å². The van der Waals surface area contributed by atoms with E-state index >= 15 is 0 Å². The molecule has 0 aromatic heterocycles. The van der Waals surface area contributed by atoms with E-state index in [1.165, 1.54) is 0 Å². The second-order valence-corrected chi connectivity index (χ2v) is 9.11. The van der Waals surface area contributed by atoms with Crippen molar-refractivity contribution < 1.29 is 13.2 Å². The summed E-state index contributed by atoms with van der Waals surface area (Å²) in [5, 5.41) is 3.37. The summed E-state index contributed by atoms with van der Waals surface area (Å²) in [7, 11) is -3.49. The third-order valence-electron chi connectivity index (χ3n) is 5.37. The minimum absolute atomic E-state index is 0. The van der Waals surface area contributed by atoms with Gasteiger partial charge in [0.25, 0.3) is 5.91 Å². The first-order chi connectivity index (χ1) is 12.5. The van der Waals surface area contributed by atoms with Crippen LogP contribution in [0.1, 0.15) is 15.9 Å². The van der Waals surface area contributed by atoms with Crippen LogP contribution >= 0.6 is 12.4 Å². The van der Waals surface area contributed by atoms with Crippen molar-refractivity contribution in [1.82, 2.24) is 10.2 Å². The molecule has 0 aliphatic carbocycles. The Morgan fingerprint density at radius 1 is 0.963 bits per heavy atom. The number of rotatable bonds is 4. The number of halogens is 1. The van der Waals surface area contributed by atoms with Crippen LogP contribution in [-0.4, -0.2) is 45.4 Å². The van der Waals surface area contributed by atoms with Crippen molar-refractivity contribution in [2.45, 2.75) is 10.6 Å². The molecule has 2 fully saturated rings. The van der Waals surface area contributed by atoms with Crippen LogP contribution < -0.4 is 5.32 Å². The van der Waals surface area contributed by atoms with Crippen molar-refractivity contribution in [3.63, 3.8) is 0 Å². The molecule has 2 aromatic rings. The molecule has 0 unspecified atom stereocenters. The lowest BCUT2D eigenvalue weighted by atomic mass is 10.0. The lowest BCUT2D eigenvalue weighted by Gasteiger charge is -2.19. The fourth-order valence-corrected chi connectivity index (χ4v) is 5.36. The van der Waals surface area contributed by atoms with Gasteiger partial charge >= 0.3 is 0 Å². The maximum absolute atomic E-state index is 13.0. The van der Waals surface area contributed by atoms with E-state index < -0.39 is 9.84 Å². The zero-order valence-corrected chi connectivity index (χ0v) is 16.5. The standard InChI is InChI=1S/C20H22N2O3S.ClH/c23-20(22-12-16-10-21-11-17(16)13-22)19-9-5-4-6-15(19)14-26(24,25)18-7-2-1-3-8-18;/h1-9,16-17,21H,10-14H2;1H/t16-,17+;. The molecule has 0 radical (unpaired) electrons. The minimum Gasteiger partial charge on any atom is -0.338 e. The highest BCUT2D eigenvalue weighted by atomic mass is 35.5. The number of sulfone groups is 1. The second kappa shape index (κ2) is 8.00. The lowest BCUT2D eigenvalue weighted by Crippen LogP contribution is -2.32. The number of hydrogen-bond donors (Lipinski definition) is 1. The van der Waals surface area contributed by atoms with Crippen molar-refractivity contribution in [3.8, 4) is 0 Å². The van der Waals surface area contributed by atoms with E-state index in [0.29, 0.717) is 23.0 Å². The molecule has 27 heavy (non-hydrogen) atoms. The highest BCUT2D eigenvalue weighted by Gasteiger charge is 2.38. The van der Waals surface area contributed by atoms with Gasteiger partial charge in [0.1, 0.15) is 0 Å². The van der Waals surface area contributed by atoms with E-state index in [0.717, 1.165) is 26.2 Å². The van der Waals surface area contributed by atoms with Gasteiger partial charge in [-0.2, -0.15) is 0 Å². The quantitative estimate of drug-likeness (QED) is 0.846. The Kier molecular flexibility index (Phi) is 5.89. The smallest absolute Gasteiger partial charge is 0.254 e. The minimum atomic E-state index is -3.49. The van der Waals surface area contributed by atoms with Crippen molar-refractivity contribution in [1.29, 1.82) is 0 Å². The van der Waals surface area contributed by atoms with Gasteiger partial charge in [0, 0.05) is 31.7 Å². The molecule has 1 N–H and O–H groups in total. The molecule has 2 aromatic carbocycles. The molecule has 2 heterocycles. The van der Waals surface area contributed by atoms with Crippen molar-refractivity contribution in [3.05, 3.63) is 65.7 Å². The normalized spacial score (nSPS) is 21.6. The number of nitrogens with zero attached hydrogens (tertiary/aromatic N) is 1. The Labute approximate surface area is 166 Å². The molecular formula is C20H23ClN2O3S. The van der Waals surface area contributed by atoms with Gasteiger partial charge < -0.3 is 10.2 Å². The zero-order valence-electron chi connectivity index (χ0n) is 14.9. The summed E-state index contributed by atoms with van der Waals surface area (Å²) in [5.74, 6) is 0.804. The van der Waals surface area contributed by atoms with Crippen LogP contribution in [0.3, 0.4) is 0 Å². The van der Waals surface area contributed by atoms with Crippen molar-refractivity contribution in [2.75, 3.05) is 26.2 Å². The van der Waals surface area contributed by atoms with Gasteiger partial charge in [-0.1, -0.05) is 36.4 Å². The topological polar surface area (TPSA) is 66.5 Å². The average molecular weight is 407 g/mol. The first-order valence-electron chi connectivity index (χ1n) is 8.90. The molecule has 2 aliphatic heterocycles. The maximum Gasteiger partial charge on any atom is 0.254 e. The Hall–Kier alpha value is -1.89. The molecule has 0 saturated carbocycles. The third kappa shape index (κ3) is 4.03.